The van der Waals surface area contributed by atoms with Gasteiger partial charge in [-0.3, -0.25) is 19.7 Å². The molecule has 8 heteroatoms. The molecule has 0 bridgehead atoms. The molecule has 1 aliphatic carbocycles. The topological polar surface area (TPSA) is 99.2 Å². The van der Waals surface area contributed by atoms with Crippen molar-refractivity contribution < 1.29 is 24.3 Å². The molecule has 0 spiro atoms. The second kappa shape index (κ2) is 12.4. The smallest absolute Gasteiger partial charge is 0.411 e. The first-order valence-electron chi connectivity index (χ1n) is 12.2. The lowest BCUT2D eigenvalue weighted by atomic mass is 9.90. The van der Waals surface area contributed by atoms with Crippen LogP contribution in [0.2, 0.25) is 0 Å². The number of hydroxylamine groups is 2. The Bertz CT molecular complexity index is 982. The maximum Gasteiger partial charge on any atom is 0.411 e. The Kier molecular flexibility index (Phi) is 9.25. The van der Waals surface area contributed by atoms with Crippen LogP contribution in [0.3, 0.4) is 0 Å². The third-order valence-corrected chi connectivity index (χ3v) is 6.58. The van der Waals surface area contributed by atoms with Crippen molar-refractivity contribution in [1.29, 1.82) is 0 Å². The van der Waals surface area contributed by atoms with Gasteiger partial charge in [0.15, 0.2) is 6.10 Å². The Morgan fingerprint density at radius 2 is 1.66 bits per heavy atom. The summed E-state index contributed by atoms with van der Waals surface area (Å²) in [5, 5.41) is 13.3. The van der Waals surface area contributed by atoms with E-state index in [4.69, 9.17) is 4.74 Å². The van der Waals surface area contributed by atoms with Gasteiger partial charge in [-0.15, -0.1) is 0 Å². The molecule has 35 heavy (non-hydrogen) atoms. The third-order valence-electron chi connectivity index (χ3n) is 6.58. The number of hydrogen-bond donors (Lipinski definition) is 2. The number of carbonyl (C=O) groups is 3. The second-order valence-electron chi connectivity index (χ2n) is 8.90. The monoisotopic (exact) mass is 481 g/mol. The van der Waals surface area contributed by atoms with Gasteiger partial charge in [-0.25, -0.2) is 9.86 Å². The van der Waals surface area contributed by atoms with E-state index in [0.29, 0.717) is 24.3 Å². The van der Waals surface area contributed by atoms with Gasteiger partial charge in [0.25, 0.3) is 0 Å². The van der Waals surface area contributed by atoms with Gasteiger partial charge in [-0.2, -0.15) is 0 Å². The number of hydrogen-bond acceptors (Lipinski definition) is 5. The number of carbonyl (C=O) groups excluding carboxylic acids is 3. The highest BCUT2D eigenvalue weighted by molar-refractivity contribution is 5.81. The van der Waals surface area contributed by atoms with Crippen molar-refractivity contribution >= 4 is 18.4 Å². The lowest BCUT2D eigenvalue weighted by Gasteiger charge is -2.30. The predicted octanol–water partition coefficient (Wildman–Crippen LogP) is 4.72. The summed E-state index contributed by atoms with van der Waals surface area (Å²) in [6.45, 7) is 3.83. The Hall–Kier alpha value is -3.39. The van der Waals surface area contributed by atoms with Gasteiger partial charge in [0, 0.05) is 18.2 Å². The highest BCUT2D eigenvalue weighted by Crippen LogP contribution is 2.45. The van der Waals surface area contributed by atoms with Crippen LogP contribution in [-0.4, -0.2) is 53.3 Å². The molecule has 0 saturated carbocycles. The highest BCUT2D eigenvalue weighted by Gasteiger charge is 2.33. The molecule has 8 nitrogen and oxygen atoms in total. The summed E-state index contributed by atoms with van der Waals surface area (Å²) >= 11 is 0. The first-order chi connectivity index (χ1) is 16.9. The largest absolute Gasteiger partial charge is 0.436 e. The van der Waals surface area contributed by atoms with Gasteiger partial charge in [0.05, 0.1) is 18.6 Å². The van der Waals surface area contributed by atoms with E-state index < -0.39 is 24.2 Å². The fourth-order valence-corrected chi connectivity index (χ4v) is 4.67. The first kappa shape index (κ1) is 26.2. The summed E-state index contributed by atoms with van der Waals surface area (Å²) < 4.78 is 5.86. The standard InChI is InChI=1S/C27H35N3O5/c1-4-6-7-16-23(24(5-2)30(34)18-31)26(32)28-17-29(3)27(33)35-25-21-14-10-8-12-19(21)20-13-9-11-15-22(20)25/h8-15,18,23-25,34H,4-7,16-17H2,1-3H3,(H,28,32)/t23-,24-/m1/s1. The van der Waals surface area contributed by atoms with E-state index in [2.05, 4.69) is 12.2 Å². The van der Waals surface area contributed by atoms with E-state index in [9.17, 15) is 19.6 Å². The Balaban J connectivity index is 1.64. The lowest BCUT2D eigenvalue weighted by Crippen LogP contribution is -2.48. The molecule has 2 atom stereocenters. The Morgan fingerprint density at radius 3 is 2.20 bits per heavy atom. The maximum atomic E-state index is 13.0. The average Bonchev–Trinajstić information content (AvgIpc) is 3.20. The molecule has 0 fully saturated rings. The van der Waals surface area contributed by atoms with Crippen molar-refractivity contribution in [3.8, 4) is 11.1 Å². The predicted molar refractivity (Wildman–Crippen MR) is 132 cm³/mol. The van der Waals surface area contributed by atoms with Crippen LogP contribution in [0.25, 0.3) is 11.1 Å². The minimum absolute atomic E-state index is 0.0547. The number of rotatable bonds is 12. The molecule has 0 radical (unpaired) electrons. The maximum absolute atomic E-state index is 13.0. The number of nitrogens with one attached hydrogen (secondary N) is 1. The van der Waals surface area contributed by atoms with Crippen LogP contribution in [0.15, 0.2) is 48.5 Å². The van der Waals surface area contributed by atoms with Crippen LogP contribution < -0.4 is 5.32 Å². The van der Waals surface area contributed by atoms with Gasteiger partial charge in [0.2, 0.25) is 12.3 Å². The molecule has 3 amide bonds. The van der Waals surface area contributed by atoms with E-state index in [1.165, 1.54) is 4.90 Å². The summed E-state index contributed by atoms with van der Waals surface area (Å²) in [4.78, 5) is 38.4. The number of unbranched alkanes of at least 4 members (excludes halogenated alkanes) is 2. The first-order valence-corrected chi connectivity index (χ1v) is 12.2. The zero-order valence-corrected chi connectivity index (χ0v) is 20.6. The van der Waals surface area contributed by atoms with Crippen LogP contribution in [-0.2, 0) is 14.3 Å². The third kappa shape index (κ3) is 6.00. The minimum atomic E-state index is -0.631. The minimum Gasteiger partial charge on any atom is -0.436 e. The van der Waals surface area contributed by atoms with E-state index in [1.807, 2.05) is 55.5 Å². The average molecular weight is 482 g/mol. The number of amides is 3. The Morgan fingerprint density at radius 1 is 1.06 bits per heavy atom. The quantitative estimate of drug-likeness (QED) is 0.150. The van der Waals surface area contributed by atoms with Crippen molar-refractivity contribution in [3.63, 3.8) is 0 Å². The van der Waals surface area contributed by atoms with Crippen LogP contribution in [0.4, 0.5) is 4.79 Å². The molecule has 2 N–H and O–H groups in total. The van der Waals surface area contributed by atoms with Crippen molar-refractivity contribution in [2.24, 2.45) is 5.92 Å². The van der Waals surface area contributed by atoms with E-state index in [1.54, 1.807) is 7.05 Å². The van der Waals surface area contributed by atoms with Crippen molar-refractivity contribution in [1.82, 2.24) is 15.3 Å². The van der Waals surface area contributed by atoms with Crippen LogP contribution >= 0.6 is 0 Å². The summed E-state index contributed by atoms with van der Waals surface area (Å²) in [5.41, 5.74) is 3.94. The lowest BCUT2D eigenvalue weighted by molar-refractivity contribution is -0.168. The van der Waals surface area contributed by atoms with Gasteiger partial charge in [0.1, 0.15) is 0 Å². The molecule has 3 rings (SSSR count). The van der Waals surface area contributed by atoms with E-state index in [0.717, 1.165) is 41.5 Å². The van der Waals surface area contributed by atoms with E-state index in [-0.39, 0.29) is 12.6 Å². The molecular weight excluding hydrogens is 446 g/mol. The molecule has 188 valence electrons. The SMILES string of the molecule is CCCCC[C@@H](C(=O)NCN(C)C(=O)OC1c2ccccc2-c2ccccc21)[C@@H](CC)N(O)C=O. The van der Waals surface area contributed by atoms with Crippen LogP contribution in [0, 0.1) is 5.92 Å². The van der Waals surface area contributed by atoms with Crippen molar-refractivity contribution in [2.75, 3.05) is 13.7 Å². The summed E-state index contributed by atoms with van der Waals surface area (Å²) in [6, 6.07) is 15.1. The molecule has 1 aliphatic rings. The van der Waals surface area contributed by atoms with E-state index >= 15 is 0 Å². The van der Waals surface area contributed by atoms with Crippen LogP contribution in [0.5, 0.6) is 0 Å². The second-order valence-corrected chi connectivity index (χ2v) is 8.90. The van der Waals surface area contributed by atoms with Gasteiger partial charge in [-0.1, -0.05) is 81.6 Å². The molecule has 0 heterocycles. The van der Waals surface area contributed by atoms with Crippen molar-refractivity contribution in [3.05, 3.63) is 59.7 Å². The van der Waals surface area contributed by atoms with Crippen LogP contribution in [0.1, 0.15) is 63.2 Å². The van der Waals surface area contributed by atoms with Crippen molar-refractivity contribution in [2.45, 2.75) is 58.1 Å². The number of nitrogens with zero attached hydrogens (tertiary/aromatic N) is 2. The number of benzene rings is 2. The molecule has 0 unspecified atom stereocenters. The molecular formula is C27H35N3O5. The Labute approximate surface area is 206 Å². The summed E-state index contributed by atoms with van der Waals surface area (Å²) in [7, 11) is 1.56. The summed E-state index contributed by atoms with van der Waals surface area (Å²) in [6.07, 6.45) is 2.95. The normalized spacial score (nSPS) is 13.8. The van der Waals surface area contributed by atoms with Gasteiger partial charge in [-0.05, 0) is 24.0 Å². The zero-order chi connectivity index (χ0) is 25.4. The molecule has 0 saturated heterocycles. The molecule has 0 aromatic heterocycles. The molecule has 2 aromatic rings. The van der Waals surface area contributed by atoms with Gasteiger partial charge < -0.3 is 10.1 Å². The number of fused-ring (bicyclic) bond motifs is 3. The number of ether oxygens (including phenoxy) is 1. The molecule has 0 aliphatic heterocycles. The zero-order valence-electron chi connectivity index (χ0n) is 20.6. The van der Waals surface area contributed by atoms with Gasteiger partial charge >= 0.3 is 6.09 Å². The highest BCUT2D eigenvalue weighted by atomic mass is 16.6. The summed E-state index contributed by atoms with van der Waals surface area (Å²) in [5.74, 6) is -0.898. The fourth-order valence-electron chi connectivity index (χ4n) is 4.67. The fraction of sp³-hybridized carbons (Fsp3) is 0.444. The molecule has 2 aromatic carbocycles.